The predicted octanol–water partition coefficient (Wildman–Crippen LogP) is 0.927. The van der Waals surface area contributed by atoms with E-state index in [0.717, 1.165) is 18.4 Å². The topological polar surface area (TPSA) is 84.2 Å². The van der Waals surface area contributed by atoms with E-state index in [0.29, 0.717) is 19.4 Å². The fraction of sp³-hybridized carbons (Fsp3) is 0.615. The van der Waals surface area contributed by atoms with E-state index in [1.165, 1.54) is 0 Å². The molecule has 0 unspecified atom stereocenters. The van der Waals surface area contributed by atoms with Gasteiger partial charge in [0, 0.05) is 25.4 Å². The molecule has 0 aromatic carbocycles. The molecule has 6 heteroatoms. The second-order valence-corrected chi connectivity index (χ2v) is 5.08. The van der Waals surface area contributed by atoms with Crippen molar-refractivity contribution >= 4 is 11.9 Å². The Morgan fingerprint density at radius 1 is 1.42 bits per heavy atom. The Balaban J connectivity index is 1.92. The molecule has 1 saturated carbocycles. The lowest BCUT2D eigenvalue weighted by Crippen LogP contribution is -2.39. The molecular formula is C13H19N3O3. The number of nitrogens with one attached hydrogen (secondary N) is 1. The molecule has 1 aliphatic carbocycles. The number of carboxylic acids is 1. The lowest BCUT2D eigenvalue weighted by Gasteiger charge is -2.27. The quantitative estimate of drug-likeness (QED) is 0.848. The molecule has 1 fully saturated rings. The van der Waals surface area contributed by atoms with Crippen molar-refractivity contribution < 1.29 is 14.7 Å². The molecule has 2 rings (SSSR count). The zero-order valence-corrected chi connectivity index (χ0v) is 11.0. The van der Waals surface area contributed by atoms with Crippen LogP contribution < -0.4 is 5.32 Å². The van der Waals surface area contributed by atoms with Gasteiger partial charge in [0.2, 0.25) is 5.91 Å². The Morgan fingerprint density at radius 3 is 2.68 bits per heavy atom. The van der Waals surface area contributed by atoms with Gasteiger partial charge < -0.3 is 10.4 Å². The molecule has 1 amide bonds. The molecule has 2 atom stereocenters. The van der Waals surface area contributed by atoms with Crippen molar-refractivity contribution in [2.24, 2.45) is 18.9 Å². The summed E-state index contributed by atoms with van der Waals surface area (Å²) in [6.07, 6.45) is 6.60. The van der Waals surface area contributed by atoms with Gasteiger partial charge in [0.05, 0.1) is 18.0 Å². The molecular weight excluding hydrogens is 246 g/mol. The van der Waals surface area contributed by atoms with E-state index in [9.17, 15) is 9.59 Å². The highest BCUT2D eigenvalue weighted by molar-refractivity contribution is 5.84. The van der Waals surface area contributed by atoms with Crippen molar-refractivity contribution in [1.29, 1.82) is 0 Å². The van der Waals surface area contributed by atoms with Gasteiger partial charge in [0.1, 0.15) is 0 Å². The first kappa shape index (κ1) is 13.6. The van der Waals surface area contributed by atoms with Crippen LogP contribution in [0, 0.1) is 11.8 Å². The van der Waals surface area contributed by atoms with Crippen LogP contribution in [0.4, 0.5) is 0 Å². The summed E-state index contributed by atoms with van der Waals surface area (Å²) in [5.41, 5.74) is 0.915. The number of rotatable bonds is 4. The van der Waals surface area contributed by atoms with Gasteiger partial charge in [-0.25, -0.2) is 0 Å². The Hall–Kier alpha value is -1.85. The van der Waals surface area contributed by atoms with Gasteiger partial charge >= 0.3 is 5.97 Å². The lowest BCUT2D eigenvalue weighted by molar-refractivity contribution is -0.148. The number of nitrogens with zero attached hydrogens (tertiary/aromatic N) is 2. The third-order valence-electron chi connectivity index (χ3n) is 3.65. The summed E-state index contributed by atoms with van der Waals surface area (Å²) in [6.45, 7) is 0.398. The molecule has 0 aliphatic heterocycles. The number of carbonyl (C=O) groups is 2. The van der Waals surface area contributed by atoms with Gasteiger partial charge in [-0.3, -0.25) is 14.3 Å². The maximum absolute atomic E-state index is 12.1. The van der Waals surface area contributed by atoms with Gasteiger partial charge in [-0.05, 0) is 12.8 Å². The molecule has 1 aromatic heterocycles. The molecule has 19 heavy (non-hydrogen) atoms. The van der Waals surface area contributed by atoms with Crippen molar-refractivity contribution in [1.82, 2.24) is 15.1 Å². The molecule has 2 N–H and O–H groups in total. The summed E-state index contributed by atoms with van der Waals surface area (Å²) in [4.78, 5) is 23.2. The fourth-order valence-electron chi connectivity index (χ4n) is 2.62. The van der Waals surface area contributed by atoms with Crippen LogP contribution in [-0.4, -0.2) is 26.8 Å². The zero-order chi connectivity index (χ0) is 13.8. The van der Waals surface area contributed by atoms with E-state index in [1.807, 2.05) is 13.2 Å². The molecule has 1 aromatic rings. The number of carbonyl (C=O) groups excluding carboxylic acids is 1. The van der Waals surface area contributed by atoms with Crippen LogP contribution in [0.15, 0.2) is 12.4 Å². The van der Waals surface area contributed by atoms with Crippen LogP contribution in [0.25, 0.3) is 0 Å². The molecule has 6 nitrogen and oxygen atoms in total. The van der Waals surface area contributed by atoms with Gasteiger partial charge in [0.15, 0.2) is 0 Å². The molecule has 1 aliphatic rings. The number of aliphatic carboxylic acids is 1. The summed E-state index contributed by atoms with van der Waals surface area (Å²) < 4.78 is 1.67. The Kier molecular flexibility index (Phi) is 4.19. The van der Waals surface area contributed by atoms with E-state index in [1.54, 1.807) is 10.9 Å². The fourth-order valence-corrected chi connectivity index (χ4v) is 2.62. The zero-order valence-electron chi connectivity index (χ0n) is 11.0. The number of carboxylic acid groups (broad SMARTS) is 1. The standard InChI is InChI=1S/C13H19N3O3/c1-16-8-9(7-15-16)6-14-12(17)10-4-2-3-5-11(10)13(18)19/h7-8,10-11H,2-6H2,1H3,(H,14,17)(H,18,19)/t10-,11+/m1/s1. The van der Waals surface area contributed by atoms with Crippen molar-refractivity contribution in [3.8, 4) is 0 Å². The van der Waals surface area contributed by atoms with Crippen molar-refractivity contribution in [3.05, 3.63) is 18.0 Å². The third-order valence-corrected chi connectivity index (χ3v) is 3.65. The number of aryl methyl sites for hydroxylation is 1. The average molecular weight is 265 g/mol. The van der Waals surface area contributed by atoms with Gasteiger partial charge in [0.25, 0.3) is 0 Å². The lowest BCUT2D eigenvalue weighted by atomic mass is 9.78. The average Bonchev–Trinajstić information content (AvgIpc) is 2.81. The Labute approximate surface area is 111 Å². The highest BCUT2D eigenvalue weighted by Gasteiger charge is 2.35. The smallest absolute Gasteiger partial charge is 0.307 e. The van der Waals surface area contributed by atoms with E-state index in [-0.39, 0.29) is 5.91 Å². The van der Waals surface area contributed by atoms with Crippen LogP contribution in [0.5, 0.6) is 0 Å². The van der Waals surface area contributed by atoms with Crippen molar-refractivity contribution in [3.63, 3.8) is 0 Å². The first-order valence-corrected chi connectivity index (χ1v) is 6.56. The van der Waals surface area contributed by atoms with Crippen molar-refractivity contribution in [2.45, 2.75) is 32.2 Å². The molecule has 0 saturated heterocycles. The minimum Gasteiger partial charge on any atom is -0.481 e. The van der Waals surface area contributed by atoms with Crippen LogP contribution >= 0.6 is 0 Å². The minimum absolute atomic E-state index is 0.157. The molecule has 104 valence electrons. The number of amides is 1. The monoisotopic (exact) mass is 265 g/mol. The van der Waals surface area contributed by atoms with E-state index in [2.05, 4.69) is 10.4 Å². The van der Waals surface area contributed by atoms with Crippen LogP contribution in [0.3, 0.4) is 0 Å². The summed E-state index contributed by atoms with van der Waals surface area (Å²) in [5, 5.41) is 16.0. The molecule has 0 spiro atoms. The normalized spacial score (nSPS) is 23.0. The van der Waals surface area contributed by atoms with Gasteiger partial charge in [-0.1, -0.05) is 12.8 Å². The van der Waals surface area contributed by atoms with E-state index in [4.69, 9.17) is 5.11 Å². The summed E-state index contributed by atoms with van der Waals surface area (Å²) in [5.74, 6) is -1.96. The number of hydrogen-bond donors (Lipinski definition) is 2. The summed E-state index contributed by atoms with van der Waals surface area (Å²) in [6, 6.07) is 0. The van der Waals surface area contributed by atoms with Gasteiger partial charge in [-0.2, -0.15) is 5.10 Å². The summed E-state index contributed by atoms with van der Waals surface area (Å²) >= 11 is 0. The highest BCUT2D eigenvalue weighted by atomic mass is 16.4. The van der Waals surface area contributed by atoms with Crippen LogP contribution in [-0.2, 0) is 23.2 Å². The predicted molar refractivity (Wildman–Crippen MR) is 68.1 cm³/mol. The maximum atomic E-state index is 12.1. The molecule has 0 bridgehead atoms. The van der Waals surface area contributed by atoms with E-state index < -0.39 is 17.8 Å². The first-order valence-electron chi connectivity index (χ1n) is 6.56. The Morgan fingerprint density at radius 2 is 2.11 bits per heavy atom. The second-order valence-electron chi connectivity index (χ2n) is 5.08. The largest absolute Gasteiger partial charge is 0.481 e. The third kappa shape index (κ3) is 3.33. The van der Waals surface area contributed by atoms with Gasteiger partial charge in [-0.15, -0.1) is 0 Å². The molecule has 0 radical (unpaired) electrons. The first-order chi connectivity index (χ1) is 9.08. The van der Waals surface area contributed by atoms with Crippen LogP contribution in [0.2, 0.25) is 0 Å². The second kappa shape index (κ2) is 5.86. The SMILES string of the molecule is Cn1cc(CNC(=O)[C@@H]2CCCC[C@@H]2C(=O)O)cn1. The number of hydrogen-bond acceptors (Lipinski definition) is 3. The van der Waals surface area contributed by atoms with Crippen molar-refractivity contribution in [2.75, 3.05) is 0 Å². The minimum atomic E-state index is -0.860. The molecule has 1 heterocycles. The Bertz CT molecular complexity index is 469. The van der Waals surface area contributed by atoms with E-state index >= 15 is 0 Å². The highest BCUT2D eigenvalue weighted by Crippen LogP contribution is 2.30. The summed E-state index contributed by atoms with van der Waals surface area (Å²) in [7, 11) is 1.81. The van der Waals surface area contributed by atoms with Crippen LogP contribution in [0.1, 0.15) is 31.2 Å². The maximum Gasteiger partial charge on any atom is 0.307 e. The number of aromatic nitrogens is 2.